The molecular weight excluding hydrogens is 272 g/mol. The quantitative estimate of drug-likeness (QED) is 0.685. The number of rotatable bonds is 4. The van der Waals surface area contributed by atoms with Crippen LogP contribution in [-0.2, 0) is 13.7 Å². The zero-order chi connectivity index (χ0) is 15.4. The maximum Gasteiger partial charge on any atom is 0.142 e. The Balaban J connectivity index is 1.92. The molecule has 108 valence electrons. The highest BCUT2D eigenvalue weighted by Crippen LogP contribution is 2.32. The van der Waals surface area contributed by atoms with Crippen LogP contribution in [0.3, 0.4) is 0 Å². The molecule has 0 unspecified atom stereocenters. The van der Waals surface area contributed by atoms with E-state index in [2.05, 4.69) is 11.0 Å². The maximum atomic E-state index is 5.98. The van der Waals surface area contributed by atoms with Crippen LogP contribution in [0.25, 0.3) is 11.1 Å². The number of hydrogen-bond donors (Lipinski definition) is 0. The van der Waals surface area contributed by atoms with Gasteiger partial charge in [-0.1, -0.05) is 48.5 Å². The first kappa shape index (κ1) is 14.0. The van der Waals surface area contributed by atoms with Crippen LogP contribution < -0.4 is 4.74 Å². The summed E-state index contributed by atoms with van der Waals surface area (Å²) in [6, 6.07) is 18.0. The highest BCUT2D eigenvalue weighted by Gasteiger charge is 2.12. The molecule has 22 heavy (non-hydrogen) atoms. The van der Waals surface area contributed by atoms with E-state index in [1.807, 2.05) is 67.8 Å². The lowest BCUT2D eigenvalue weighted by atomic mass is 10.1. The fraction of sp³-hybridized carbons (Fsp3) is 0.105. The first-order valence-electron chi connectivity index (χ1n) is 7.04. The molecule has 0 bridgehead atoms. The Kier molecular flexibility index (Phi) is 3.93. The highest BCUT2D eigenvalue weighted by atomic mass is 16.5. The third-order valence-corrected chi connectivity index (χ3v) is 3.38. The van der Waals surface area contributed by atoms with Crippen molar-refractivity contribution in [1.82, 2.24) is 9.78 Å². The smallest absolute Gasteiger partial charge is 0.142 e. The molecule has 1 heterocycles. The Bertz CT molecular complexity index is 813. The number of para-hydroxylation sites is 1. The summed E-state index contributed by atoms with van der Waals surface area (Å²) < 4.78 is 7.70. The van der Waals surface area contributed by atoms with Gasteiger partial charge in [-0.2, -0.15) is 5.10 Å². The van der Waals surface area contributed by atoms with Crippen LogP contribution in [0.2, 0.25) is 0 Å². The number of hydrogen-bond acceptors (Lipinski definition) is 2. The summed E-state index contributed by atoms with van der Waals surface area (Å²) in [4.78, 5) is 0. The molecule has 0 aliphatic rings. The van der Waals surface area contributed by atoms with Crippen molar-refractivity contribution < 1.29 is 4.74 Å². The second-order valence-corrected chi connectivity index (χ2v) is 4.98. The van der Waals surface area contributed by atoms with Crippen LogP contribution in [0.15, 0.2) is 60.8 Å². The Morgan fingerprint density at radius 1 is 1.05 bits per heavy atom. The predicted molar refractivity (Wildman–Crippen MR) is 87.4 cm³/mol. The lowest BCUT2D eigenvalue weighted by Crippen LogP contribution is -1.96. The van der Waals surface area contributed by atoms with Crippen LogP contribution >= 0.6 is 0 Å². The molecule has 0 saturated heterocycles. The summed E-state index contributed by atoms with van der Waals surface area (Å²) in [5, 5.41) is 4.29. The Labute approximate surface area is 130 Å². The van der Waals surface area contributed by atoms with Gasteiger partial charge in [-0.25, -0.2) is 0 Å². The zero-order valence-electron chi connectivity index (χ0n) is 12.4. The van der Waals surface area contributed by atoms with Gasteiger partial charge in [0.15, 0.2) is 0 Å². The minimum atomic E-state index is 0.517. The average Bonchev–Trinajstić information content (AvgIpc) is 2.95. The number of benzene rings is 2. The second kappa shape index (κ2) is 6.19. The SMILES string of the molecule is C#Cc1nn(C)cc1-c1ccccc1OCc1ccccc1. The maximum absolute atomic E-state index is 5.98. The van der Waals surface area contributed by atoms with Gasteiger partial charge in [0.1, 0.15) is 18.1 Å². The van der Waals surface area contributed by atoms with Gasteiger partial charge < -0.3 is 4.74 Å². The van der Waals surface area contributed by atoms with Crippen LogP contribution in [0.4, 0.5) is 0 Å². The molecule has 3 heteroatoms. The molecule has 0 N–H and O–H groups in total. The van der Waals surface area contributed by atoms with E-state index in [1.165, 1.54) is 0 Å². The summed E-state index contributed by atoms with van der Waals surface area (Å²) in [6.07, 6.45) is 7.47. The fourth-order valence-corrected chi connectivity index (χ4v) is 2.34. The van der Waals surface area contributed by atoms with Gasteiger partial charge in [0.05, 0.1) is 0 Å². The molecule has 3 aromatic rings. The fourth-order valence-electron chi connectivity index (χ4n) is 2.34. The van der Waals surface area contributed by atoms with Gasteiger partial charge in [-0.15, -0.1) is 6.42 Å². The topological polar surface area (TPSA) is 27.1 Å². The summed E-state index contributed by atoms with van der Waals surface area (Å²) in [5.74, 6) is 3.43. The first-order valence-corrected chi connectivity index (χ1v) is 7.04. The van der Waals surface area contributed by atoms with Gasteiger partial charge in [0.25, 0.3) is 0 Å². The number of aryl methyl sites for hydroxylation is 1. The van der Waals surface area contributed by atoms with Gasteiger partial charge in [0, 0.05) is 24.4 Å². The van der Waals surface area contributed by atoms with E-state index in [1.54, 1.807) is 4.68 Å². The van der Waals surface area contributed by atoms with E-state index in [0.717, 1.165) is 22.4 Å². The molecule has 0 aliphatic carbocycles. The van der Waals surface area contributed by atoms with Crippen molar-refractivity contribution in [3.63, 3.8) is 0 Å². The minimum absolute atomic E-state index is 0.517. The standard InChI is InChI=1S/C19H16N2O/c1-3-18-17(13-21(2)20-18)16-11-7-8-12-19(16)22-14-15-9-5-4-6-10-15/h1,4-13H,14H2,2H3. The molecule has 0 amide bonds. The molecule has 1 aromatic heterocycles. The lowest BCUT2D eigenvalue weighted by Gasteiger charge is -2.11. The van der Waals surface area contributed by atoms with E-state index in [-0.39, 0.29) is 0 Å². The normalized spacial score (nSPS) is 10.2. The summed E-state index contributed by atoms with van der Waals surface area (Å²) in [7, 11) is 1.86. The average molecular weight is 288 g/mol. The van der Waals surface area contributed by atoms with Crippen molar-refractivity contribution in [2.75, 3.05) is 0 Å². The van der Waals surface area contributed by atoms with Crippen LogP contribution in [0.1, 0.15) is 11.3 Å². The minimum Gasteiger partial charge on any atom is -0.488 e. The van der Waals surface area contributed by atoms with E-state index >= 15 is 0 Å². The summed E-state index contributed by atoms with van der Waals surface area (Å²) in [6.45, 7) is 0.517. The van der Waals surface area contributed by atoms with E-state index in [4.69, 9.17) is 11.2 Å². The first-order chi connectivity index (χ1) is 10.8. The van der Waals surface area contributed by atoms with Gasteiger partial charge >= 0.3 is 0 Å². The van der Waals surface area contributed by atoms with Crippen LogP contribution in [0, 0.1) is 12.3 Å². The predicted octanol–water partition coefficient (Wildman–Crippen LogP) is 3.65. The largest absolute Gasteiger partial charge is 0.488 e. The molecule has 0 radical (unpaired) electrons. The molecule has 0 atom stereocenters. The van der Waals surface area contributed by atoms with Crippen molar-refractivity contribution in [3.05, 3.63) is 72.1 Å². The zero-order valence-corrected chi connectivity index (χ0v) is 12.4. The monoisotopic (exact) mass is 288 g/mol. The summed E-state index contributed by atoms with van der Waals surface area (Å²) >= 11 is 0. The van der Waals surface area contributed by atoms with Crippen molar-refractivity contribution >= 4 is 0 Å². The van der Waals surface area contributed by atoms with E-state index < -0.39 is 0 Å². The van der Waals surface area contributed by atoms with E-state index in [0.29, 0.717) is 12.3 Å². The molecule has 3 rings (SSSR count). The Hall–Kier alpha value is -2.99. The van der Waals surface area contributed by atoms with Crippen molar-refractivity contribution in [2.24, 2.45) is 7.05 Å². The lowest BCUT2D eigenvalue weighted by molar-refractivity contribution is 0.307. The molecule has 0 spiro atoms. The van der Waals surface area contributed by atoms with E-state index in [9.17, 15) is 0 Å². The van der Waals surface area contributed by atoms with Crippen LogP contribution in [0.5, 0.6) is 5.75 Å². The number of ether oxygens (including phenoxy) is 1. The summed E-state index contributed by atoms with van der Waals surface area (Å²) in [5.41, 5.74) is 3.62. The Morgan fingerprint density at radius 3 is 2.55 bits per heavy atom. The Morgan fingerprint density at radius 2 is 1.77 bits per heavy atom. The van der Waals surface area contributed by atoms with Crippen molar-refractivity contribution in [1.29, 1.82) is 0 Å². The van der Waals surface area contributed by atoms with Gasteiger partial charge in [-0.05, 0) is 17.6 Å². The van der Waals surface area contributed by atoms with Crippen LogP contribution in [-0.4, -0.2) is 9.78 Å². The molecule has 2 aromatic carbocycles. The highest BCUT2D eigenvalue weighted by molar-refractivity contribution is 5.74. The number of terminal acetylenes is 1. The molecule has 3 nitrogen and oxygen atoms in total. The van der Waals surface area contributed by atoms with Gasteiger partial charge in [0.2, 0.25) is 0 Å². The molecule has 0 aliphatic heterocycles. The molecular formula is C19H16N2O. The van der Waals surface area contributed by atoms with Crippen molar-refractivity contribution in [2.45, 2.75) is 6.61 Å². The van der Waals surface area contributed by atoms with Crippen molar-refractivity contribution in [3.8, 4) is 29.2 Å². The third-order valence-electron chi connectivity index (χ3n) is 3.38. The second-order valence-electron chi connectivity index (χ2n) is 4.98. The molecule has 0 fully saturated rings. The van der Waals surface area contributed by atoms with Gasteiger partial charge in [-0.3, -0.25) is 4.68 Å². The number of aromatic nitrogens is 2. The molecule has 0 saturated carbocycles. The number of nitrogens with zero attached hydrogens (tertiary/aromatic N) is 2. The third kappa shape index (κ3) is 2.87.